The third kappa shape index (κ3) is 4.13. The quantitative estimate of drug-likeness (QED) is 0.760. The van der Waals surface area contributed by atoms with Crippen LogP contribution in [0.4, 0.5) is 0 Å². The molecule has 0 N–H and O–H groups in total. The second kappa shape index (κ2) is 8.34. The molecule has 3 fully saturated rings. The summed E-state index contributed by atoms with van der Waals surface area (Å²) in [6.45, 7) is 2.43. The van der Waals surface area contributed by atoms with E-state index in [0.717, 1.165) is 50.2 Å². The molecule has 3 heterocycles. The van der Waals surface area contributed by atoms with Crippen LogP contribution < -0.4 is 4.74 Å². The standard InChI is InChI=1S/C23H33N3O3/c1-24(2)15-21-18-12-17(20-5-4-6-22(27)26(20)21)13-25(14-18)23(28)11-16-7-9-19(29-3)10-8-16/h7-10,17-18,20-21H,4-6,11-15H2,1-3H3/t17-,18+,20+,21+/m1/s1. The molecule has 3 saturated heterocycles. The van der Waals surface area contributed by atoms with Crippen LogP contribution in [0, 0.1) is 11.8 Å². The van der Waals surface area contributed by atoms with E-state index in [1.807, 2.05) is 24.3 Å². The van der Waals surface area contributed by atoms with Crippen LogP contribution in [0.25, 0.3) is 0 Å². The number of nitrogens with zero attached hydrogens (tertiary/aromatic N) is 3. The lowest BCUT2D eigenvalue weighted by atomic mass is 9.72. The molecule has 4 rings (SSSR count). The van der Waals surface area contributed by atoms with Gasteiger partial charge in [0.2, 0.25) is 11.8 Å². The molecule has 0 unspecified atom stereocenters. The number of carbonyl (C=O) groups excluding carboxylic acids is 2. The van der Waals surface area contributed by atoms with Crippen LogP contribution in [0.2, 0.25) is 0 Å². The maximum atomic E-state index is 13.1. The predicted molar refractivity (Wildman–Crippen MR) is 112 cm³/mol. The third-order valence-electron chi connectivity index (χ3n) is 6.92. The summed E-state index contributed by atoms with van der Waals surface area (Å²) in [5.74, 6) is 2.11. The molecule has 0 aliphatic carbocycles. The van der Waals surface area contributed by atoms with E-state index < -0.39 is 0 Å². The average Bonchev–Trinajstić information content (AvgIpc) is 2.71. The number of rotatable bonds is 5. The molecule has 6 heteroatoms. The molecule has 2 bridgehead atoms. The Kier molecular flexibility index (Phi) is 5.81. The lowest BCUT2D eigenvalue weighted by Gasteiger charge is -2.57. The highest BCUT2D eigenvalue weighted by Gasteiger charge is 2.49. The number of ether oxygens (including phenoxy) is 1. The van der Waals surface area contributed by atoms with Gasteiger partial charge in [0.15, 0.2) is 0 Å². The van der Waals surface area contributed by atoms with Crippen molar-refractivity contribution in [2.45, 2.75) is 44.2 Å². The second-order valence-corrected chi connectivity index (χ2v) is 9.17. The van der Waals surface area contributed by atoms with Crippen LogP contribution in [0.5, 0.6) is 5.75 Å². The van der Waals surface area contributed by atoms with Gasteiger partial charge in [0, 0.05) is 38.1 Å². The zero-order valence-electron chi connectivity index (χ0n) is 17.8. The first-order valence-electron chi connectivity index (χ1n) is 10.8. The van der Waals surface area contributed by atoms with Gasteiger partial charge in [0.25, 0.3) is 0 Å². The SMILES string of the molecule is COc1ccc(CC(=O)N2C[C@H]3C[C@@H](C2)[C@H](CN(C)C)N2C(=O)CCC[C@@H]32)cc1. The number of fused-ring (bicyclic) bond motifs is 4. The number of methoxy groups -OCH3 is 1. The van der Waals surface area contributed by atoms with Crippen LogP contribution in [-0.2, 0) is 16.0 Å². The Morgan fingerprint density at radius 3 is 2.59 bits per heavy atom. The molecule has 29 heavy (non-hydrogen) atoms. The largest absolute Gasteiger partial charge is 0.497 e. The van der Waals surface area contributed by atoms with Crippen LogP contribution in [0.15, 0.2) is 24.3 Å². The van der Waals surface area contributed by atoms with E-state index in [1.165, 1.54) is 0 Å². The topological polar surface area (TPSA) is 53.1 Å². The van der Waals surface area contributed by atoms with E-state index in [9.17, 15) is 9.59 Å². The van der Waals surface area contributed by atoms with Crippen molar-refractivity contribution in [3.63, 3.8) is 0 Å². The molecule has 2 amide bonds. The summed E-state index contributed by atoms with van der Waals surface area (Å²) < 4.78 is 5.21. The Balaban J connectivity index is 1.50. The number of benzene rings is 1. The normalized spacial score (nSPS) is 29.0. The van der Waals surface area contributed by atoms with Gasteiger partial charge in [-0.2, -0.15) is 0 Å². The number of hydrogen-bond acceptors (Lipinski definition) is 4. The van der Waals surface area contributed by atoms with Crippen molar-refractivity contribution in [1.82, 2.24) is 14.7 Å². The Hall–Kier alpha value is -2.08. The number of likely N-dealkylation sites (tertiary alicyclic amines) is 1. The summed E-state index contributed by atoms with van der Waals surface area (Å²) in [5, 5.41) is 0. The highest BCUT2D eigenvalue weighted by atomic mass is 16.5. The van der Waals surface area contributed by atoms with Crippen molar-refractivity contribution in [3.05, 3.63) is 29.8 Å². The second-order valence-electron chi connectivity index (χ2n) is 9.17. The molecule has 6 nitrogen and oxygen atoms in total. The number of amides is 2. The maximum Gasteiger partial charge on any atom is 0.227 e. The third-order valence-corrected chi connectivity index (χ3v) is 6.92. The predicted octanol–water partition coefficient (Wildman–Crippen LogP) is 2.03. The van der Waals surface area contributed by atoms with Crippen molar-refractivity contribution in [3.8, 4) is 5.75 Å². The zero-order chi connectivity index (χ0) is 20.5. The molecule has 3 aliphatic rings. The smallest absolute Gasteiger partial charge is 0.227 e. The lowest BCUT2D eigenvalue weighted by Crippen LogP contribution is -2.67. The van der Waals surface area contributed by atoms with Gasteiger partial charge < -0.3 is 19.4 Å². The van der Waals surface area contributed by atoms with Crippen LogP contribution in [0.1, 0.15) is 31.2 Å². The van der Waals surface area contributed by atoms with Crippen LogP contribution in [0.3, 0.4) is 0 Å². The van der Waals surface area contributed by atoms with Crippen molar-refractivity contribution in [1.29, 1.82) is 0 Å². The van der Waals surface area contributed by atoms with Gasteiger partial charge in [-0.15, -0.1) is 0 Å². The van der Waals surface area contributed by atoms with E-state index in [-0.39, 0.29) is 11.9 Å². The number of hydrogen-bond donors (Lipinski definition) is 0. The first-order valence-corrected chi connectivity index (χ1v) is 10.8. The van der Waals surface area contributed by atoms with Gasteiger partial charge >= 0.3 is 0 Å². The number of likely N-dealkylation sites (N-methyl/N-ethyl adjacent to an activating group) is 1. The molecule has 4 atom stereocenters. The van der Waals surface area contributed by atoms with Crippen molar-refractivity contribution in [2.24, 2.45) is 11.8 Å². The monoisotopic (exact) mass is 399 g/mol. The molecule has 1 aromatic rings. The van der Waals surface area contributed by atoms with Gasteiger partial charge in [-0.25, -0.2) is 0 Å². The molecule has 0 aromatic heterocycles. The summed E-state index contributed by atoms with van der Waals surface area (Å²) in [7, 11) is 5.80. The van der Waals surface area contributed by atoms with E-state index in [2.05, 4.69) is 28.8 Å². The minimum absolute atomic E-state index is 0.198. The molecule has 1 aromatic carbocycles. The van der Waals surface area contributed by atoms with Crippen LogP contribution in [-0.4, -0.2) is 79.4 Å². The van der Waals surface area contributed by atoms with Gasteiger partial charge in [-0.1, -0.05) is 12.1 Å². The fraction of sp³-hybridized carbons (Fsp3) is 0.652. The minimum Gasteiger partial charge on any atom is -0.497 e. The van der Waals surface area contributed by atoms with Gasteiger partial charge in [0.05, 0.1) is 13.5 Å². The molecular formula is C23H33N3O3. The Morgan fingerprint density at radius 1 is 1.17 bits per heavy atom. The summed E-state index contributed by atoms with van der Waals surface area (Å²) >= 11 is 0. The molecule has 0 spiro atoms. The van der Waals surface area contributed by atoms with Gasteiger partial charge in [-0.05, 0) is 62.9 Å². The maximum absolute atomic E-state index is 13.1. The highest BCUT2D eigenvalue weighted by Crippen LogP contribution is 2.41. The summed E-state index contributed by atoms with van der Waals surface area (Å²) in [6.07, 6.45) is 4.30. The fourth-order valence-corrected chi connectivity index (χ4v) is 5.62. The Bertz CT molecular complexity index is 748. The van der Waals surface area contributed by atoms with Crippen molar-refractivity contribution < 1.29 is 14.3 Å². The minimum atomic E-state index is 0.198. The molecule has 0 radical (unpaired) electrons. The average molecular weight is 400 g/mol. The van der Waals surface area contributed by atoms with E-state index >= 15 is 0 Å². The van der Waals surface area contributed by atoms with E-state index in [4.69, 9.17) is 4.74 Å². The first-order chi connectivity index (χ1) is 14.0. The van der Waals surface area contributed by atoms with Crippen molar-refractivity contribution in [2.75, 3.05) is 40.8 Å². The summed E-state index contributed by atoms with van der Waals surface area (Å²) in [5.41, 5.74) is 1.02. The van der Waals surface area contributed by atoms with Gasteiger partial charge in [0.1, 0.15) is 5.75 Å². The Morgan fingerprint density at radius 2 is 1.90 bits per heavy atom. The fourth-order valence-electron chi connectivity index (χ4n) is 5.62. The number of piperidine rings is 3. The Labute approximate surface area is 173 Å². The first kappa shape index (κ1) is 20.2. The highest BCUT2D eigenvalue weighted by molar-refractivity contribution is 5.80. The summed E-state index contributed by atoms with van der Waals surface area (Å²) in [6, 6.07) is 8.28. The zero-order valence-corrected chi connectivity index (χ0v) is 17.8. The van der Waals surface area contributed by atoms with E-state index in [1.54, 1.807) is 7.11 Å². The van der Waals surface area contributed by atoms with Crippen molar-refractivity contribution >= 4 is 11.8 Å². The van der Waals surface area contributed by atoms with E-state index in [0.29, 0.717) is 36.6 Å². The lowest BCUT2D eigenvalue weighted by molar-refractivity contribution is -0.156. The summed E-state index contributed by atoms with van der Waals surface area (Å²) in [4.78, 5) is 32.4. The number of carbonyl (C=O) groups is 2. The van der Waals surface area contributed by atoms with Crippen LogP contribution >= 0.6 is 0 Å². The van der Waals surface area contributed by atoms with Gasteiger partial charge in [-0.3, -0.25) is 9.59 Å². The molecule has 0 saturated carbocycles. The molecular weight excluding hydrogens is 366 g/mol. The molecule has 158 valence electrons. The molecule has 3 aliphatic heterocycles.